The molecule has 1 N–H and O–H groups in total. The third kappa shape index (κ3) is 3.60. The van der Waals surface area contributed by atoms with Crippen molar-refractivity contribution in [3.8, 4) is 5.75 Å². The van der Waals surface area contributed by atoms with Crippen LogP contribution in [0.15, 0.2) is 48.5 Å². The maximum Gasteiger partial charge on any atom is 0.220 e. The number of ether oxygens (including phenoxy) is 1. The Bertz CT molecular complexity index is 654. The summed E-state index contributed by atoms with van der Waals surface area (Å²) in [5.41, 5.74) is 2.30. The zero-order valence-corrected chi connectivity index (χ0v) is 13.0. The molecule has 1 aliphatic heterocycles. The Kier molecular flexibility index (Phi) is 4.64. The van der Waals surface area contributed by atoms with Crippen molar-refractivity contribution in [3.63, 3.8) is 0 Å². The Hall–Kier alpha value is -2.00. The highest BCUT2D eigenvalue weighted by atomic mass is 35.5. The third-order valence-corrected chi connectivity index (χ3v) is 4.13. The van der Waals surface area contributed by atoms with Gasteiger partial charge in [0.15, 0.2) is 0 Å². The lowest BCUT2D eigenvalue weighted by Crippen LogP contribution is -2.27. The summed E-state index contributed by atoms with van der Waals surface area (Å²) in [6.45, 7) is 1.22. The van der Waals surface area contributed by atoms with E-state index in [-0.39, 0.29) is 11.8 Å². The second-order valence-electron chi connectivity index (χ2n) is 5.48. The van der Waals surface area contributed by atoms with Crippen LogP contribution in [0.25, 0.3) is 0 Å². The number of para-hydroxylation sites is 1. The van der Waals surface area contributed by atoms with Gasteiger partial charge in [0.1, 0.15) is 5.75 Å². The molecule has 2 aromatic carbocycles. The lowest BCUT2D eigenvalue weighted by molar-refractivity contribution is -0.121. The number of carbonyl (C=O) groups is 1. The van der Waals surface area contributed by atoms with Crippen molar-refractivity contribution in [1.29, 1.82) is 0 Å². The summed E-state index contributed by atoms with van der Waals surface area (Å²) in [4.78, 5) is 12.1. The van der Waals surface area contributed by atoms with Gasteiger partial charge in [0, 0.05) is 29.5 Å². The monoisotopic (exact) mass is 315 g/mol. The van der Waals surface area contributed by atoms with Gasteiger partial charge in [-0.25, -0.2) is 0 Å². The molecule has 22 heavy (non-hydrogen) atoms. The van der Waals surface area contributed by atoms with Gasteiger partial charge in [-0.05, 0) is 30.2 Å². The summed E-state index contributed by atoms with van der Waals surface area (Å²) in [7, 11) is 0. The summed E-state index contributed by atoms with van der Waals surface area (Å²) in [5, 5.41) is 3.71. The number of hydrogen-bond donors (Lipinski definition) is 1. The van der Waals surface area contributed by atoms with Gasteiger partial charge >= 0.3 is 0 Å². The van der Waals surface area contributed by atoms with Crippen molar-refractivity contribution in [3.05, 3.63) is 64.7 Å². The molecule has 3 rings (SSSR count). The number of hydrogen-bond acceptors (Lipinski definition) is 2. The van der Waals surface area contributed by atoms with E-state index in [1.54, 1.807) is 0 Å². The van der Waals surface area contributed by atoms with Gasteiger partial charge in [-0.2, -0.15) is 0 Å². The minimum atomic E-state index is 0.0688. The highest BCUT2D eigenvalue weighted by Gasteiger charge is 2.25. The average Bonchev–Trinajstić information content (AvgIpc) is 2.93. The van der Waals surface area contributed by atoms with Crippen molar-refractivity contribution in [2.24, 2.45) is 0 Å². The molecule has 0 radical (unpaired) electrons. The maximum absolute atomic E-state index is 12.1. The molecule has 1 atom stereocenters. The molecule has 4 heteroatoms. The molecule has 0 aliphatic carbocycles. The molecule has 1 heterocycles. The van der Waals surface area contributed by atoms with Crippen molar-refractivity contribution in [2.75, 3.05) is 13.2 Å². The molecule has 0 saturated heterocycles. The summed E-state index contributed by atoms with van der Waals surface area (Å²) >= 11 is 5.85. The fourth-order valence-electron chi connectivity index (χ4n) is 2.69. The Morgan fingerprint density at radius 3 is 2.77 bits per heavy atom. The summed E-state index contributed by atoms with van der Waals surface area (Å²) in [6.07, 6.45) is 1.28. The fourth-order valence-corrected chi connectivity index (χ4v) is 2.82. The van der Waals surface area contributed by atoms with Gasteiger partial charge in [0.05, 0.1) is 6.61 Å². The normalized spacial score (nSPS) is 16.0. The minimum absolute atomic E-state index is 0.0688. The molecule has 0 spiro atoms. The standard InChI is InChI=1S/C18H18ClNO2/c19-15-7-5-13(6-8-15)9-10-20-18(21)11-14-12-22-17-4-2-1-3-16(14)17/h1-8,14H,9-12H2,(H,20,21). The van der Waals surface area contributed by atoms with E-state index in [1.807, 2.05) is 48.5 Å². The summed E-state index contributed by atoms with van der Waals surface area (Å²) in [6, 6.07) is 15.6. The number of amides is 1. The van der Waals surface area contributed by atoms with E-state index >= 15 is 0 Å². The molecule has 3 nitrogen and oxygen atoms in total. The summed E-state index contributed by atoms with van der Waals surface area (Å²) < 4.78 is 5.60. The predicted molar refractivity (Wildman–Crippen MR) is 87.5 cm³/mol. The molecule has 0 aromatic heterocycles. The van der Waals surface area contributed by atoms with Gasteiger partial charge < -0.3 is 10.1 Å². The largest absolute Gasteiger partial charge is 0.493 e. The number of halogens is 1. The van der Waals surface area contributed by atoms with E-state index in [9.17, 15) is 4.79 Å². The first kappa shape index (κ1) is 14.9. The van der Waals surface area contributed by atoms with Crippen LogP contribution in [0.1, 0.15) is 23.5 Å². The van der Waals surface area contributed by atoms with Crippen LogP contribution < -0.4 is 10.1 Å². The first-order valence-corrected chi connectivity index (χ1v) is 7.83. The van der Waals surface area contributed by atoms with Crippen molar-refractivity contribution < 1.29 is 9.53 Å². The highest BCUT2D eigenvalue weighted by molar-refractivity contribution is 6.30. The molecule has 0 bridgehead atoms. The Labute approximate surface area is 135 Å². The second kappa shape index (κ2) is 6.84. The van der Waals surface area contributed by atoms with Crippen LogP contribution >= 0.6 is 11.6 Å². The SMILES string of the molecule is O=C(CC1COc2ccccc21)NCCc1ccc(Cl)cc1. The van der Waals surface area contributed by atoms with Crippen LogP contribution in [0.3, 0.4) is 0 Å². The van der Waals surface area contributed by atoms with Crippen molar-refractivity contribution >= 4 is 17.5 Å². The molecule has 1 amide bonds. The van der Waals surface area contributed by atoms with E-state index in [0.29, 0.717) is 19.6 Å². The smallest absolute Gasteiger partial charge is 0.220 e. The molecule has 2 aromatic rings. The quantitative estimate of drug-likeness (QED) is 0.916. The van der Waals surface area contributed by atoms with Gasteiger partial charge in [0.25, 0.3) is 0 Å². The van der Waals surface area contributed by atoms with E-state index < -0.39 is 0 Å². The zero-order chi connectivity index (χ0) is 15.4. The molecular formula is C18H18ClNO2. The first-order chi connectivity index (χ1) is 10.7. The Morgan fingerprint density at radius 2 is 1.95 bits per heavy atom. The van der Waals surface area contributed by atoms with Crippen LogP contribution in [0, 0.1) is 0 Å². The van der Waals surface area contributed by atoms with Gasteiger partial charge in [-0.3, -0.25) is 4.79 Å². The van der Waals surface area contributed by atoms with Gasteiger partial charge in [-0.15, -0.1) is 0 Å². The first-order valence-electron chi connectivity index (χ1n) is 7.45. The summed E-state index contributed by atoms with van der Waals surface area (Å²) in [5.74, 6) is 1.13. The second-order valence-corrected chi connectivity index (χ2v) is 5.91. The van der Waals surface area contributed by atoms with E-state index in [0.717, 1.165) is 22.8 Å². The molecule has 1 aliphatic rings. The van der Waals surface area contributed by atoms with Gasteiger partial charge in [0.2, 0.25) is 5.91 Å². The van der Waals surface area contributed by atoms with Crippen LogP contribution in [-0.4, -0.2) is 19.1 Å². The van der Waals surface area contributed by atoms with Crippen LogP contribution in [0.4, 0.5) is 0 Å². The lowest BCUT2D eigenvalue weighted by Gasteiger charge is -2.09. The number of fused-ring (bicyclic) bond motifs is 1. The molecule has 114 valence electrons. The Morgan fingerprint density at radius 1 is 1.18 bits per heavy atom. The van der Waals surface area contributed by atoms with Crippen LogP contribution in [-0.2, 0) is 11.2 Å². The highest BCUT2D eigenvalue weighted by Crippen LogP contribution is 2.35. The lowest BCUT2D eigenvalue weighted by atomic mass is 9.97. The third-order valence-electron chi connectivity index (χ3n) is 3.88. The minimum Gasteiger partial charge on any atom is -0.493 e. The Balaban J connectivity index is 1.46. The molecule has 0 fully saturated rings. The average molecular weight is 316 g/mol. The van der Waals surface area contributed by atoms with E-state index in [4.69, 9.17) is 16.3 Å². The predicted octanol–water partition coefficient (Wildman–Crippen LogP) is 3.57. The molecule has 0 saturated carbocycles. The number of benzene rings is 2. The number of carbonyl (C=O) groups excluding carboxylic acids is 1. The molecule has 1 unspecified atom stereocenters. The van der Waals surface area contributed by atoms with E-state index in [2.05, 4.69) is 5.32 Å². The number of rotatable bonds is 5. The van der Waals surface area contributed by atoms with Crippen LogP contribution in [0.5, 0.6) is 5.75 Å². The zero-order valence-electron chi connectivity index (χ0n) is 12.2. The molecular weight excluding hydrogens is 298 g/mol. The van der Waals surface area contributed by atoms with Crippen LogP contribution in [0.2, 0.25) is 5.02 Å². The van der Waals surface area contributed by atoms with Crippen molar-refractivity contribution in [2.45, 2.75) is 18.8 Å². The maximum atomic E-state index is 12.1. The van der Waals surface area contributed by atoms with Gasteiger partial charge in [-0.1, -0.05) is 41.9 Å². The van der Waals surface area contributed by atoms with Crippen molar-refractivity contribution in [1.82, 2.24) is 5.32 Å². The topological polar surface area (TPSA) is 38.3 Å². The van der Waals surface area contributed by atoms with E-state index in [1.165, 1.54) is 5.56 Å². The fraction of sp³-hybridized carbons (Fsp3) is 0.278. The number of nitrogens with one attached hydrogen (secondary N) is 1.